The number of rotatable bonds is 7. The molecule has 0 saturated carbocycles. The number of carboxylic acid groups (broad SMARTS) is 1. The molecule has 12 heteroatoms. The highest BCUT2D eigenvalue weighted by Crippen LogP contribution is 2.36. The summed E-state index contributed by atoms with van der Waals surface area (Å²) in [6.45, 7) is 4.00. The molecule has 5 rings (SSSR count). The second-order valence-corrected chi connectivity index (χ2v) is 8.18. The van der Waals surface area contributed by atoms with E-state index < -0.39 is 6.09 Å². The Labute approximate surface area is 200 Å². The predicted molar refractivity (Wildman–Crippen MR) is 126 cm³/mol. The van der Waals surface area contributed by atoms with Crippen molar-refractivity contribution in [3.05, 3.63) is 48.0 Å². The average molecular weight is 479 g/mol. The molecule has 3 aromatic heterocycles. The molecule has 1 saturated heterocycles. The molecule has 1 unspecified atom stereocenters. The van der Waals surface area contributed by atoms with E-state index in [1.807, 2.05) is 28.9 Å². The summed E-state index contributed by atoms with van der Waals surface area (Å²) in [5.74, 6) is 1.67. The maximum atomic E-state index is 11.0. The lowest BCUT2D eigenvalue weighted by Gasteiger charge is -2.35. The molecule has 0 bridgehead atoms. The fourth-order valence-electron chi connectivity index (χ4n) is 4.18. The van der Waals surface area contributed by atoms with Crippen LogP contribution in [0, 0.1) is 6.92 Å². The summed E-state index contributed by atoms with van der Waals surface area (Å²) in [5, 5.41) is 20.8. The van der Waals surface area contributed by atoms with Gasteiger partial charge in [-0.1, -0.05) is 17.3 Å². The zero-order chi connectivity index (χ0) is 24.4. The highest BCUT2D eigenvalue weighted by Gasteiger charge is 2.28. The van der Waals surface area contributed by atoms with Crippen LogP contribution >= 0.6 is 0 Å². The number of benzene rings is 1. The number of anilines is 1. The molecule has 1 aliphatic rings. The average Bonchev–Trinajstić information content (AvgIpc) is 3.49. The Hall–Kier alpha value is -4.19. The zero-order valence-electron chi connectivity index (χ0n) is 19.3. The zero-order valence-corrected chi connectivity index (χ0v) is 19.3. The Morgan fingerprint density at radius 2 is 2.11 bits per heavy atom. The lowest BCUT2D eigenvalue weighted by Crippen LogP contribution is -2.47. The van der Waals surface area contributed by atoms with E-state index in [4.69, 9.17) is 24.1 Å². The molecule has 1 amide bonds. The third-order valence-electron chi connectivity index (χ3n) is 5.82. The fourth-order valence-corrected chi connectivity index (χ4v) is 4.18. The Kier molecular flexibility index (Phi) is 6.19. The summed E-state index contributed by atoms with van der Waals surface area (Å²) in [4.78, 5) is 22.2. The number of methoxy groups -OCH3 is 1. The summed E-state index contributed by atoms with van der Waals surface area (Å²) in [7, 11) is 1.64. The molecule has 1 fully saturated rings. The fraction of sp³-hybridized carbons (Fsp3) is 0.348. The Balaban J connectivity index is 1.53. The van der Waals surface area contributed by atoms with Gasteiger partial charge in [0.05, 0.1) is 49.2 Å². The molecule has 4 aromatic rings. The largest absolute Gasteiger partial charge is 0.497 e. The first kappa shape index (κ1) is 22.6. The Bertz CT molecular complexity index is 1330. The molecule has 0 radical (unpaired) electrons. The van der Waals surface area contributed by atoms with Crippen LogP contribution in [-0.2, 0) is 11.3 Å². The Morgan fingerprint density at radius 3 is 2.83 bits per heavy atom. The molecule has 0 aliphatic carbocycles. The Morgan fingerprint density at radius 1 is 1.29 bits per heavy atom. The lowest BCUT2D eigenvalue weighted by molar-refractivity contribution is 0.0412. The van der Waals surface area contributed by atoms with Crippen LogP contribution < -0.4 is 15.0 Å². The summed E-state index contributed by atoms with van der Waals surface area (Å²) in [6.07, 6.45) is 2.11. The van der Waals surface area contributed by atoms with Gasteiger partial charge in [-0.25, -0.2) is 14.5 Å². The van der Waals surface area contributed by atoms with Crippen molar-refractivity contribution in [3.63, 3.8) is 0 Å². The molecule has 2 N–H and O–H groups in total. The number of fused-ring (bicyclic) bond motifs is 1. The van der Waals surface area contributed by atoms with Gasteiger partial charge in [0, 0.05) is 25.8 Å². The smallest absolute Gasteiger partial charge is 0.404 e. The van der Waals surface area contributed by atoms with Gasteiger partial charge in [-0.15, -0.1) is 0 Å². The number of morpholine rings is 1. The van der Waals surface area contributed by atoms with E-state index in [0.717, 1.165) is 22.4 Å². The topological polar surface area (TPSA) is 141 Å². The van der Waals surface area contributed by atoms with Crippen LogP contribution in [0.4, 0.5) is 10.5 Å². The van der Waals surface area contributed by atoms with Crippen LogP contribution in [0.15, 0.2) is 41.2 Å². The van der Waals surface area contributed by atoms with Gasteiger partial charge >= 0.3 is 6.09 Å². The van der Waals surface area contributed by atoms with E-state index in [-0.39, 0.29) is 12.6 Å². The van der Waals surface area contributed by atoms with Crippen LogP contribution in [0.5, 0.6) is 5.75 Å². The molecule has 182 valence electrons. The quantitative estimate of drug-likeness (QED) is 0.406. The maximum Gasteiger partial charge on any atom is 0.404 e. The predicted octanol–water partition coefficient (Wildman–Crippen LogP) is 2.32. The van der Waals surface area contributed by atoms with Gasteiger partial charge in [0.15, 0.2) is 11.5 Å². The van der Waals surface area contributed by atoms with E-state index in [1.165, 1.54) is 0 Å². The number of ether oxygens (including phenoxy) is 2. The van der Waals surface area contributed by atoms with Gasteiger partial charge < -0.3 is 29.3 Å². The molecule has 12 nitrogen and oxygen atoms in total. The highest BCUT2D eigenvalue weighted by molar-refractivity contribution is 5.97. The number of aromatic nitrogens is 5. The summed E-state index contributed by atoms with van der Waals surface area (Å²) < 4.78 is 18.3. The minimum absolute atomic E-state index is 0.186. The van der Waals surface area contributed by atoms with E-state index in [0.29, 0.717) is 49.2 Å². The third-order valence-corrected chi connectivity index (χ3v) is 5.82. The van der Waals surface area contributed by atoms with Gasteiger partial charge in [-0.05, 0) is 24.6 Å². The SMILES string of the molecule is COc1ccc(Cn2ncc3c(N4CCOC(CNC(=O)O)C4)c(-c4nc(C)no4)cnc32)cc1. The molecular formula is C23H25N7O5. The van der Waals surface area contributed by atoms with Crippen molar-refractivity contribution in [2.45, 2.75) is 19.6 Å². The van der Waals surface area contributed by atoms with Crippen LogP contribution in [0.1, 0.15) is 11.4 Å². The second-order valence-electron chi connectivity index (χ2n) is 8.18. The highest BCUT2D eigenvalue weighted by atomic mass is 16.5. The van der Waals surface area contributed by atoms with Crippen molar-refractivity contribution in [2.75, 3.05) is 38.3 Å². The number of amides is 1. The van der Waals surface area contributed by atoms with Gasteiger partial charge in [0.25, 0.3) is 5.89 Å². The van der Waals surface area contributed by atoms with Crippen LogP contribution in [0.3, 0.4) is 0 Å². The molecule has 4 heterocycles. The number of nitrogens with one attached hydrogen (secondary N) is 1. The second kappa shape index (κ2) is 9.58. The molecule has 0 spiro atoms. The minimum Gasteiger partial charge on any atom is -0.497 e. The monoisotopic (exact) mass is 479 g/mol. The number of pyridine rings is 1. The van der Waals surface area contributed by atoms with Gasteiger partial charge in [-0.2, -0.15) is 10.1 Å². The van der Waals surface area contributed by atoms with E-state index in [2.05, 4.69) is 25.5 Å². The normalized spacial score (nSPS) is 15.9. The number of hydrogen-bond donors (Lipinski definition) is 2. The van der Waals surface area contributed by atoms with Crippen molar-refractivity contribution in [3.8, 4) is 17.2 Å². The number of nitrogens with zero attached hydrogens (tertiary/aromatic N) is 6. The minimum atomic E-state index is -1.08. The van der Waals surface area contributed by atoms with Crippen molar-refractivity contribution < 1.29 is 23.9 Å². The van der Waals surface area contributed by atoms with Crippen LogP contribution in [0.25, 0.3) is 22.5 Å². The first-order valence-corrected chi connectivity index (χ1v) is 11.1. The van der Waals surface area contributed by atoms with Crippen molar-refractivity contribution >= 4 is 22.8 Å². The molecule has 1 aliphatic heterocycles. The number of carbonyl (C=O) groups is 1. The van der Waals surface area contributed by atoms with Gasteiger partial charge in [0.2, 0.25) is 0 Å². The van der Waals surface area contributed by atoms with Gasteiger partial charge in [0.1, 0.15) is 5.75 Å². The molecule has 35 heavy (non-hydrogen) atoms. The van der Waals surface area contributed by atoms with Crippen molar-refractivity contribution in [1.82, 2.24) is 30.2 Å². The first-order valence-electron chi connectivity index (χ1n) is 11.1. The summed E-state index contributed by atoms with van der Waals surface area (Å²) in [6, 6.07) is 7.81. The number of hydrogen-bond acceptors (Lipinski definition) is 9. The van der Waals surface area contributed by atoms with Crippen LogP contribution in [-0.4, -0.2) is 75.6 Å². The summed E-state index contributed by atoms with van der Waals surface area (Å²) >= 11 is 0. The maximum absolute atomic E-state index is 11.0. The van der Waals surface area contributed by atoms with Gasteiger partial charge in [-0.3, -0.25) is 0 Å². The van der Waals surface area contributed by atoms with Crippen LogP contribution in [0.2, 0.25) is 0 Å². The molecule has 1 atom stereocenters. The number of aryl methyl sites for hydroxylation is 1. The molecule has 1 aromatic carbocycles. The van der Waals surface area contributed by atoms with E-state index in [9.17, 15) is 4.79 Å². The first-order chi connectivity index (χ1) is 17.0. The van der Waals surface area contributed by atoms with Crippen molar-refractivity contribution in [1.29, 1.82) is 0 Å². The van der Waals surface area contributed by atoms with E-state index >= 15 is 0 Å². The summed E-state index contributed by atoms with van der Waals surface area (Å²) in [5.41, 5.74) is 3.31. The lowest BCUT2D eigenvalue weighted by atomic mass is 10.1. The third kappa shape index (κ3) is 4.73. The van der Waals surface area contributed by atoms with E-state index in [1.54, 1.807) is 26.4 Å². The standard InChI is InChI=1S/C23H25N7O5/c1-14-27-22(35-28-14)19-10-24-21-18(11-26-30(21)12-15-3-5-16(33-2)6-4-15)20(19)29-7-8-34-17(13-29)9-25-23(31)32/h3-6,10-11,17,25H,7-9,12-13H2,1-2H3,(H,31,32). The molecular weight excluding hydrogens is 454 g/mol. The van der Waals surface area contributed by atoms with Crippen molar-refractivity contribution in [2.24, 2.45) is 0 Å².